The van der Waals surface area contributed by atoms with Crippen LogP contribution in [0.5, 0.6) is 0 Å². The summed E-state index contributed by atoms with van der Waals surface area (Å²) in [7, 11) is 0. The van der Waals surface area contributed by atoms with Crippen LogP contribution in [0.25, 0.3) is 5.69 Å². The number of aryl methyl sites for hydroxylation is 1. The third-order valence-corrected chi connectivity index (χ3v) is 5.09. The number of carbonyl (C=O) groups excluding carboxylic acids is 2. The van der Waals surface area contributed by atoms with Gasteiger partial charge >= 0.3 is 0 Å². The van der Waals surface area contributed by atoms with Crippen molar-refractivity contribution in [3.63, 3.8) is 0 Å². The van der Waals surface area contributed by atoms with Gasteiger partial charge in [0, 0.05) is 12.1 Å². The zero-order chi connectivity index (χ0) is 21.7. The van der Waals surface area contributed by atoms with E-state index in [1.807, 2.05) is 80.9 Å². The van der Waals surface area contributed by atoms with Crippen LogP contribution in [0.2, 0.25) is 0 Å². The van der Waals surface area contributed by atoms with Gasteiger partial charge in [-0.15, -0.1) is 0 Å². The van der Waals surface area contributed by atoms with Crippen LogP contribution < -0.4 is 10.6 Å². The highest BCUT2D eigenvalue weighted by Crippen LogP contribution is 2.20. The molecule has 1 aromatic heterocycles. The molecule has 3 aromatic rings. The van der Waals surface area contributed by atoms with Crippen LogP contribution in [0.1, 0.15) is 60.4 Å². The number of nitrogens with one attached hydrogen (secondary N) is 2. The lowest BCUT2D eigenvalue weighted by Gasteiger charge is -2.15. The first-order chi connectivity index (χ1) is 14.4. The maximum atomic E-state index is 12.9. The first kappa shape index (κ1) is 21.3. The van der Waals surface area contributed by atoms with Gasteiger partial charge in [0.2, 0.25) is 5.91 Å². The maximum Gasteiger partial charge on any atom is 0.255 e. The molecule has 30 heavy (non-hydrogen) atoms. The van der Waals surface area contributed by atoms with Crippen LogP contribution in [0.4, 0.5) is 5.69 Å². The molecule has 0 aliphatic rings. The van der Waals surface area contributed by atoms with Gasteiger partial charge in [-0.2, -0.15) is 5.10 Å². The second-order valence-corrected chi connectivity index (χ2v) is 7.32. The van der Waals surface area contributed by atoms with Crippen LogP contribution in [-0.4, -0.2) is 21.6 Å². The Morgan fingerprint density at radius 1 is 1.03 bits per heavy atom. The lowest BCUT2D eigenvalue weighted by molar-refractivity contribution is -0.115. The number of carbonyl (C=O) groups is 2. The molecule has 0 radical (unpaired) electrons. The molecule has 6 heteroatoms. The first-order valence-electron chi connectivity index (χ1n) is 10.3. The van der Waals surface area contributed by atoms with Gasteiger partial charge in [0.25, 0.3) is 5.91 Å². The minimum absolute atomic E-state index is 0.0261. The van der Waals surface area contributed by atoms with E-state index in [1.165, 1.54) is 5.56 Å². The van der Waals surface area contributed by atoms with Gasteiger partial charge < -0.3 is 10.6 Å². The fourth-order valence-corrected chi connectivity index (χ4v) is 3.27. The third kappa shape index (κ3) is 4.76. The highest BCUT2D eigenvalue weighted by molar-refractivity contribution is 5.95. The minimum Gasteiger partial charge on any atom is -0.345 e. The average Bonchev–Trinajstić information content (AvgIpc) is 3.18. The molecule has 1 unspecified atom stereocenters. The lowest BCUT2D eigenvalue weighted by atomic mass is 10.1. The van der Waals surface area contributed by atoms with E-state index in [4.69, 9.17) is 0 Å². The van der Waals surface area contributed by atoms with Crippen molar-refractivity contribution in [2.75, 3.05) is 5.32 Å². The zero-order valence-corrected chi connectivity index (χ0v) is 17.9. The minimum atomic E-state index is -0.180. The van der Waals surface area contributed by atoms with Crippen molar-refractivity contribution in [1.29, 1.82) is 0 Å². The van der Waals surface area contributed by atoms with E-state index in [0.717, 1.165) is 22.6 Å². The van der Waals surface area contributed by atoms with Crippen molar-refractivity contribution < 1.29 is 9.59 Å². The summed E-state index contributed by atoms with van der Waals surface area (Å²) in [5.41, 5.74) is 5.28. The smallest absolute Gasteiger partial charge is 0.255 e. The topological polar surface area (TPSA) is 76.0 Å². The molecule has 0 aliphatic carbocycles. The number of hydrogen-bond acceptors (Lipinski definition) is 3. The van der Waals surface area contributed by atoms with Gasteiger partial charge in [-0.3, -0.25) is 9.59 Å². The summed E-state index contributed by atoms with van der Waals surface area (Å²) in [6.07, 6.45) is 2.76. The second-order valence-electron chi connectivity index (χ2n) is 7.32. The molecule has 2 amide bonds. The van der Waals surface area contributed by atoms with Gasteiger partial charge in [-0.25, -0.2) is 4.68 Å². The monoisotopic (exact) mass is 404 g/mol. The standard InChI is InChI=1S/C24H28N4O2/c1-5-22-21(15-25-28(22)20-13-7-16(3)8-14-20)24(30)26-17(4)18-9-11-19(12-10-18)27-23(29)6-2/h7-15,17H,5-6H2,1-4H3,(H,26,30)(H,27,29). The molecule has 0 fully saturated rings. The highest BCUT2D eigenvalue weighted by Gasteiger charge is 2.19. The molecular formula is C24H28N4O2. The van der Waals surface area contributed by atoms with Crippen LogP contribution in [0, 0.1) is 6.92 Å². The number of nitrogens with zero attached hydrogens (tertiary/aromatic N) is 2. The van der Waals surface area contributed by atoms with Crippen LogP contribution in [0.3, 0.4) is 0 Å². The van der Waals surface area contributed by atoms with Crippen molar-refractivity contribution in [3.8, 4) is 5.69 Å². The largest absolute Gasteiger partial charge is 0.345 e. The first-order valence-corrected chi connectivity index (χ1v) is 10.3. The van der Waals surface area contributed by atoms with Crippen molar-refractivity contribution in [2.45, 2.75) is 46.6 Å². The fraction of sp³-hybridized carbons (Fsp3) is 0.292. The second kappa shape index (κ2) is 9.39. The van der Waals surface area contributed by atoms with E-state index < -0.39 is 0 Å². The normalized spacial score (nSPS) is 11.7. The third-order valence-electron chi connectivity index (χ3n) is 5.09. The molecule has 0 saturated heterocycles. The quantitative estimate of drug-likeness (QED) is 0.605. The molecule has 1 heterocycles. The predicted molar refractivity (Wildman–Crippen MR) is 119 cm³/mol. The van der Waals surface area contributed by atoms with Crippen LogP contribution >= 0.6 is 0 Å². The van der Waals surface area contributed by atoms with E-state index in [-0.39, 0.29) is 17.9 Å². The molecule has 1 atom stereocenters. The summed E-state index contributed by atoms with van der Waals surface area (Å²) in [5.74, 6) is -0.178. The summed E-state index contributed by atoms with van der Waals surface area (Å²) in [6, 6.07) is 15.4. The SMILES string of the molecule is CCC(=O)Nc1ccc(C(C)NC(=O)c2cnn(-c3ccc(C)cc3)c2CC)cc1. The summed E-state index contributed by atoms with van der Waals surface area (Å²) < 4.78 is 1.82. The Hall–Kier alpha value is -3.41. The molecule has 0 bridgehead atoms. The Morgan fingerprint density at radius 3 is 2.30 bits per heavy atom. The van der Waals surface area contributed by atoms with E-state index in [9.17, 15) is 9.59 Å². The van der Waals surface area contributed by atoms with Gasteiger partial charge in [0.05, 0.1) is 29.2 Å². The summed E-state index contributed by atoms with van der Waals surface area (Å²) in [4.78, 5) is 24.4. The molecule has 3 rings (SSSR count). The summed E-state index contributed by atoms with van der Waals surface area (Å²) >= 11 is 0. The maximum absolute atomic E-state index is 12.9. The fourth-order valence-electron chi connectivity index (χ4n) is 3.27. The molecule has 0 saturated carbocycles. The van der Waals surface area contributed by atoms with Crippen LogP contribution in [-0.2, 0) is 11.2 Å². The number of anilines is 1. The van der Waals surface area contributed by atoms with E-state index in [0.29, 0.717) is 18.4 Å². The van der Waals surface area contributed by atoms with E-state index in [2.05, 4.69) is 15.7 Å². The summed E-state index contributed by atoms with van der Waals surface area (Å²) in [5, 5.41) is 10.3. The van der Waals surface area contributed by atoms with Crippen molar-refractivity contribution >= 4 is 17.5 Å². The lowest BCUT2D eigenvalue weighted by Crippen LogP contribution is -2.27. The van der Waals surface area contributed by atoms with Gasteiger partial charge in [0.1, 0.15) is 0 Å². The molecule has 0 aliphatic heterocycles. The number of aromatic nitrogens is 2. The molecule has 2 N–H and O–H groups in total. The number of benzene rings is 2. The molecule has 6 nitrogen and oxygen atoms in total. The highest BCUT2D eigenvalue weighted by atomic mass is 16.2. The van der Waals surface area contributed by atoms with Gasteiger partial charge in [0.15, 0.2) is 0 Å². The summed E-state index contributed by atoms with van der Waals surface area (Å²) in [6.45, 7) is 7.81. The van der Waals surface area contributed by atoms with Crippen molar-refractivity contribution in [3.05, 3.63) is 77.1 Å². The van der Waals surface area contributed by atoms with Crippen molar-refractivity contribution in [2.24, 2.45) is 0 Å². The molecule has 2 aromatic carbocycles. The molecule has 156 valence electrons. The number of rotatable bonds is 7. The van der Waals surface area contributed by atoms with E-state index in [1.54, 1.807) is 6.20 Å². The Labute approximate surface area is 177 Å². The predicted octanol–water partition coefficient (Wildman–Crippen LogP) is 4.58. The number of amides is 2. The Kier molecular flexibility index (Phi) is 6.67. The van der Waals surface area contributed by atoms with Crippen molar-refractivity contribution in [1.82, 2.24) is 15.1 Å². The molecule has 0 spiro atoms. The van der Waals surface area contributed by atoms with E-state index >= 15 is 0 Å². The average molecular weight is 405 g/mol. The number of hydrogen-bond donors (Lipinski definition) is 2. The van der Waals surface area contributed by atoms with Gasteiger partial charge in [-0.05, 0) is 50.1 Å². The Bertz CT molecular complexity index is 1020. The Morgan fingerprint density at radius 2 is 1.70 bits per heavy atom. The Balaban J connectivity index is 1.74. The van der Waals surface area contributed by atoms with Gasteiger partial charge in [-0.1, -0.05) is 43.7 Å². The zero-order valence-electron chi connectivity index (χ0n) is 17.9. The molecular weight excluding hydrogens is 376 g/mol. The van der Waals surface area contributed by atoms with Crippen LogP contribution in [0.15, 0.2) is 54.7 Å².